The van der Waals surface area contributed by atoms with Crippen molar-refractivity contribution in [3.8, 4) is 17.8 Å². The first-order valence-electron chi connectivity index (χ1n) is 10.8. The monoisotopic (exact) mass is 497 g/mol. The number of aromatic nitrogens is 4. The number of sulfonamides is 1. The summed E-state index contributed by atoms with van der Waals surface area (Å²) in [5.41, 5.74) is 1.02. The van der Waals surface area contributed by atoms with E-state index >= 15 is 0 Å². The Kier molecular flexibility index (Phi) is 6.12. The average molecular weight is 498 g/mol. The van der Waals surface area contributed by atoms with Gasteiger partial charge in [0, 0.05) is 25.8 Å². The lowest BCUT2D eigenvalue weighted by Crippen LogP contribution is -2.44. The molecule has 12 nitrogen and oxygen atoms in total. The van der Waals surface area contributed by atoms with Crippen LogP contribution >= 0.6 is 0 Å². The number of nitrogens with zero attached hydrogens (tertiary/aromatic N) is 6. The minimum Gasteiger partial charge on any atom is -0.423 e. The minimum absolute atomic E-state index is 0.0644. The van der Waals surface area contributed by atoms with Crippen molar-refractivity contribution < 1.29 is 22.6 Å². The van der Waals surface area contributed by atoms with Gasteiger partial charge < -0.3 is 19.1 Å². The van der Waals surface area contributed by atoms with E-state index in [2.05, 4.69) is 20.2 Å². The molecule has 2 aliphatic rings. The number of hydrogen-bond acceptors (Lipinski definition) is 10. The molecule has 0 amide bonds. The Labute approximate surface area is 202 Å². The van der Waals surface area contributed by atoms with Gasteiger partial charge in [0.15, 0.2) is 0 Å². The molecule has 2 aromatic carbocycles. The van der Waals surface area contributed by atoms with E-state index < -0.39 is 34.3 Å². The van der Waals surface area contributed by atoms with Gasteiger partial charge in [-0.15, -0.1) is 0 Å². The van der Waals surface area contributed by atoms with Gasteiger partial charge in [-0.2, -0.15) is 9.94 Å². The number of nitrogens with one attached hydrogen (secondary N) is 1. The standard InChI is InChI=1S/C22H23N7O5S/c1-28(2)15-7-5-8-16(10-15)34-22-24-26-27-29(22)18-13-33-20-17(12-32-21(18)20)25-35(30,31)19-9-4-3-6-14(19)11-23/h3-10,17-18,20-21,25H,12-13H2,1-2H3/t17-,18-,20+,21+/m0/s1. The zero-order valence-electron chi connectivity index (χ0n) is 19.0. The van der Waals surface area contributed by atoms with E-state index in [1.54, 1.807) is 18.2 Å². The Morgan fingerprint density at radius 3 is 2.74 bits per heavy atom. The molecule has 0 bridgehead atoms. The number of tetrazole rings is 1. The summed E-state index contributed by atoms with van der Waals surface area (Å²) in [6.45, 7) is 0.310. The van der Waals surface area contributed by atoms with Gasteiger partial charge in [0.25, 0.3) is 0 Å². The molecule has 5 rings (SSSR count). The fourth-order valence-electron chi connectivity index (χ4n) is 4.24. The fraction of sp³-hybridized carbons (Fsp3) is 0.364. The Morgan fingerprint density at radius 2 is 1.94 bits per heavy atom. The summed E-state index contributed by atoms with van der Waals surface area (Å²) in [7, 11) is -0.103. The highest BCUT2D eigenvalue weighted by Gasteiger charge is 2.51. The summed E-state index contributed by atoms with van der Waals surface area (Å²) >= 11 is 0. The quantitative estimate of drug-likeness (QED) is 0.503. The third kappa shape index (κ3) is 4.44. The van der Waals surface area contributed by atoms with Gasteiger partial charge in [-0.05, 0) is 34.7 Å². The van der Waals surface area contributed by atoms with Crippen molar-refractivity contribution in [1.29, 1.82) is 5.26 Å². The maximum absolute atomic E-state index is 13.0. The summed E-state index contributed by atoms with van der Waals surface area (Å²) < 4.78 is 47.8. The summed E-state index contributed by atoms with van der Waals surface area (Å²) in [6.07, 6.45) is -1.05. The van der Waals surface area contributed by atoms with Gasteiger partial charge in [-0.1, -0.05) is 23.3 Å². The predicted octanol–water partition coefficient (Wildman–Crippen LogP) is 1.09. The molecule has 4 atom stereocenters. The molecule has 2 fully saturated rings. The van der Waals surface area contributed by atoms with Crippen molar-refractivity contribution >= 4 is 15.7 Å². The third-order valence-electron chi connectivity index (χ3n) is 5.95. The first-order valence-corrected chi connectivity index (χ1v) is 12.3. The SMILES string of the molecule is CN(C)c1cccc(Oc2nnnn2[C@H]2CO[C@H]3[C@@H]2OC[C@@H]3NS(=O)(=O)c2ccccc2C#N)c1. The van der Waals surface area contributed by atoms with Gasteiger partial charge in [-0.3, -0.25) is 0 Å². The molecule has 1 N–H and O–H groups in total. The van der Waals surface area contributed by atoms with Crippen molar-refractivity contribution in [2.75, 3.05) is 32.2 Å². The Hall–Kier alpha value is -3.57. The van der Waals surface area contributed by atoms with Crippen LogP contribution in [0.3, 0.4) is 0 Å². The second-order valence-corrected chi connectivity index (χ2v) is 10.1. The number of nitriles is 1. The van der Waals surface area contributed by atoms with Crippen LogP contribution in [0, 0.1) is 11.3 Å². The smallest absolute Gasteiger partial charge is 0.341 e. The van der Waals surface area contributed by atoms with Gasteiger partial charge in [0.05, 0.1) is 29.7 Å². The van der Waals surface area contributed by atoms with E-state index in [-0.39, 0.29) is 29.7 Å². The highest BCUT2D eigenvalue weighted by atomic mass is 32.2. The van der Waals surface area contributed by atoms with E-state index in [9.17, 15) is 13.7 Å². The van der Waals surface area contributed by atoms with Gasteiger partial charge in [0.1, 0.15) is 30.1 Å². The molecule has 3 heterocycles. The third-order valence-corrected chi connectivity index (χ3v) is 7.50. The summed E-state index contributed by atoms with van der Waals surface area (Å²) in [4.78, 5) is 1.87. The molecule has 0 radical (unpaired) electrons. The molecular weight excluding hydrogens is 474 g/mol. The van der Waals surface area contributed by atoms with Crippen LogP contribution in [0.1, 0.15) is 11.6 Å². The van der Waals surface area contributed by atoms with E-state index in [1.807, 2.05) is 43.3 Å². The fourth-order valence-corrected chi connectivity index (χ4v) is 5.63. The van der Waals surface area contributed by atoms with Gasteiger partial charge in [0.2, 0.25) is 10.0 Å². The number of hydrogen-bond donors (Lipinski definition) is 1. The van der Waals surface area contributed by atoms with E-state index in [1.165, 1.54) is 16.8 Å². The molecule has 1 aromatic heterocycles. The largest absolute Gasteiger partial charge is 0.423 e. The van der Waals surface area contributed by atoms with E-state index in [4.69, 9.17) is 14.2 Å². The van der Waals surface area contributed by atoms with Crippen molar-refractivity contribution in [2.24, 2.45) is 0 Å². The summed E-state index contributed by atoms with van der Waals surface area (Å²) in [6, 6.07) is 14.5. The number of anilines is 1. The second-order valence-electron chi connectivity index (χ2n) is 8.40. The Bertz CT molecular complexity index is 1370. The van der Waals surface area contributed by atoms with Crippen LogP contribution < -0.4 is 14.4 Å². The first kappa shape index (κ1) is 23.2. The molecule has 3 aromatic rings. The van der Waals surface area contributed by atoms with Crippen molar-refractivity contribution in [3.63, 3.8) is 0 Å². The molecule has 0 aliphatic carbocycles. The number of fused-ring (bicyclic) bond motifs is 1. The maximum Gasteiger partial charge on any atom is 0.341 e. The number of benzene rings is 2. The van der Waals surface area contributed by atoms with Gasteiger partial charge >= 0.3 is 6.01 Å². The molecule has 2 aliphatic heterocycles. The molecule has 13 heteroatoms. The first-order chi connectivity index (χ1) is 16.9. The highest BCUT2D eigenvalue weighted by molar-refractivity contribution is 7.89. The Morgan fingerprint density at radius 1 is 1.14 bits per heavy atom. The Balaban J connectivity index is 1.32. The van der Waals surface area contributed by atoms with Gasteiger partial charge in [-0.25, -0.2) is 13.1 Å². The normalized spacial score (nSPS) is 23.6. The molecular formula is C22H23N7O5S. The zero-order chi connectivity index (χ0) is 24.6. The van der Waals surface area contributed by atoms with Crippen molar-refractivity contribution in [3.05, 3.63) is 54.1 Å². The van der Waals surface area contributed by atoms with E-state index in [0.717, 1.165) is 5.69 Å². The van der Waals surface area contributed by atoms with Crippen LogP contribution in [-0.4, -0.2) is 74.2 Å². The molecule has 2 saturated heterocycles. The topological polar surface area (TPSA) is 144 Å². The zero-order valence-corrected chi connectivity index (χ0v) is 19.8. The van der Waals surface area contributed by atoms with Crippen LogP contribution in [0.4, 0.5) is 5.69 Å². The minimum atomic E-state index is -3.96. The van der Waals surface area contributed by atoms with Crippen LogP contribution in [0.15, 0.2) is 53.4 Å². The van der Waals surface area contributed by atoms with Crippen molar-refractivity contribution in [2.45, 2.75) is 29.2 Å². The summed E-state index contributed by atoms with van der Waals surface area (Å²) in [5, 5.41) is 21.1. The molecule has 0 unspecified atom stereocenters. The van der Waals surface area contributed by atoms with Crippen LogP contribution in [0.5, 0.6) is 11.8 Å². The molecule has 0 saturated carbocycles. The lowest BCUT2D eigenvalue weighted by Gasteiger charge is -2.18. The maximum atomic E-state index is 13.0. The van der Waals surface area contributed by atoms with Crippen LogP contribution in [0.25, 0.3) is 0 Å². The van der Waals surface area contributed by atoms with E-state index in [0.29, 0.717) is 5.75 Å². The summed E-state index contributed by atoms with van der Waals surface area (Å²) in [5.74, 6) is 0.567. The van der Waals surface area contributed by atoms with Crippen molar-refractivity contribution in [1.82, 2.24) is 24.9 Å². The van der Waals surface area contributed by atoms with Crippen LogP contribution in [-0.2, 0) is 19.5 Å². The number of rotatable bonds is 7. The molecule has 182 valence electrons. The molecule has 35 heavy (non-hydrogen) atoms. The average Bonchev–Trinajstić information content (AvgIpc) is 3.57. The highest BCUT2D eigenvalue weighted by Crippen LogP contribution is 2.36. The second kappa shape index (κ2) is 9.23. The lowest BCUT2D eigenvalue weighted by atomic mass is 10.1. The molecule has 0 spiro atoms. The predicted molar refractivity (Wildman–Crippen MR) is 122 cm³/mol. The lowest BCUT2D eigenvalue weighted by molar-refractivity contribution is 0.0615. The number of ether oxygens (including phenoxy) is 3. The van der Waals surface area contributed by atoms with Crippen LogP contribution in [0.2, 0.25) is 0 Å².